The molecule has 0 bridgehead atoms. The van der Waals surface area contributed by atoms with Gasteiger partial charge in [0, 0.05) is 21.1 Å². The number of benzene rings is 1. The van der Waals surface area contributed by atoms with Crippen LogP contribution in [0.1, 0.15) is 37.8 Å². The van der Waals surface area contributed by atoms with Crippen LogP contribution >= 0.6 is 22.3 Å². The highest BCUT2D eigenvalue weighted by Gasteiger charge is 2.32. The Morgan fingerprint density at radius 2 is 1.62 bits per heavy atom. The van der Waals surface area contributed by atoms with Crippen molar-refractivity contribution in [2.24, 2.45) is 5.41 Å². The van der Waals surface area contributed by atoms with Crippen LogP contribution in [0.15, 0.2) is 12.1 Å². The third-order valence-electron chi connectivity index (χ3n) is 3.93. The Bertz CT molecular complexity index is 570. The minimum absolute atomic E-state index is 0.0832. The number of aryl methyl sites for hydroxylation is 2. The van der Waals surface area contributed by atoms with Crippen LogP contribution in [0.4, 0.5) is 0 Å². The summed E-state index contributed by atoms with van der Waals surface area (Å²) >= 11 is 6.13. The third-order valence-corrected chi connectivity index (χ3v) is 5.81. The second kappa shape index (κ2) is 7.21. The predicted molar refractivity (Wildman–Crippen MR) is 89.1 cm³/mol. The molecule has 0 aliphatic carbocycles. The lowest BCUT2D eigenvalue weighted by molar-refractivity contribution is 0.155. The smallest absolute Gasteiger partial charge is 0.233 e. The molecular formula is C15H22Cl2O3S. The van der Waals surface area contributed by atoms with Crippen molar-refractivity contribution in [3.05, 3.63) is 28.3 Å². The van der Waals surface area contributed by atoms with Crippen LogP contribution in [0.2, 0.25) is 5.02 Å². The van der Waals surface area contributed by atoms with E-state index in [0.29, 0.717) is 25.2 Å². The molecule has 120 valence electrons. The van der Waals surface area contributed by atoms with Gasteiger partial charge in [-0.25, -0.2) is 8.42 Å². The van der Waals surface area contributed by atoms with Crippen LogP contribution < -0.4 is 4.74 Å². The van der Waals surface area contributed by atoms with E-state index in [1.54, 1.807) is 0 Å². The largest absolute Gasteiger partial charge is 0.493 e. The van der Waals surface area contributed by atoms with Crippen molar-refractivity contribution < 1.29 is 13.2 Å². The van der Waals surface area contributed by atoms with Gasteiger partial charge < -0.3 is 4.74 Å². The molecule has 0 aliphatic rings. The fourth-order valence-electron chi connectivity index (χ4n) is 2.29. The van der Waals surface area contributed by atoms with Crippen LogP contribution in [0, 0.1) is 19.3 Å². The van der Waals surface area contributed by atoms with Gasteiger partial charge >= 0.3 is 0 Å². The van der Waals surface area contributed by atoms with Gasteiger partial charge in [-0.15, -0.1) is 0 Å². The summed E-state index contributed by atoms with van der Waals surface area (Å²) in [6.07, 6.45) is 1.36. The van der Waals surface area contributed by atoms with Gasteiger partial charge in [-0.3, -0.25) is 0 Å². The average Bonchev–Trinajstić information content (AvgIpc) is 2.39. The fourth-order valence-corrected chi connectivity index (χ4v) is 4.32. The number of hydrogen-bond donors (Lipinski definition) is 0. The molecule has 0 unspecified atom stereocenters. The van der Waals surface area contributed by atoms with Crippen molar-refractivity contribution in [1.82, 2.24) is 0 Å². The van der Waals surface area contributed by atoms with Gasteiger partial charge in [0.25, 0.3) is 0 Å². The SMILES string of the molecule is CCC(CC)(COc1cc(C)c(Cl)c(C)c1)CS(=O)(=O)Cl. The van der Waals surface area contributed by atoms with Crippen molar-refractivity contribution in [3.63, 3.8) is 0 Å². The molecule has 1 aromatic rings. The Labute approximate surface area is 137 Å². The molecule has 0 N–H and O–H groups in total. The highest BCUT2D eigenvalue weighted by atomic mass is 35.7. The molecule has 21 heavy (non-hydrogen) atoms. The predicted octanol–water partition coefficient (Wildman–Crippen LogP) is 4.71. The molecule has 0 saturated heterocycles. The van der Waals surface area contributed by atoms with Crippen molar-refractivity contribution in [2.75, 3.05) is 12.4 Å². The highest BCUT2D eigenvalue weighted by molar-refractivity contribution is 8.13. The van der Waals surface area contributed by atoms with Gasteiger partial charge in [-0.1, -0.05) is 25.4 Å². The molecule has 6 heteroatoms. The number of halogens is 2. The Kier molecular flexibility index (Phi) is 6.38. The van der Waals surface area contributed by atoms with E-state index >= 15 is 0 Å². The molecule has 0 aliphatic heterocycles. The third kappa shape index (κ3) is 5.35. The standard InChI is InChI=1S/C15H22Cl2O3S/c1-5-15(6-2,10-21(17,18)19)9-20-13-7-11(3)14(16)12(4)8-13/h7-8H,5-6,9-10H2,1-4H3. The zero-order valence-electron chi connectivity index (χ0n) is 12.9. The zero-order valence-corrected chi connectivity index (χ0v) is 15.2. The molecule has 0 fully saturated rings. The molecule has 1 aromatic carbocycles. The van der Waals surface area contributed by atoms with E-state index in [4.69, 9.17) is 27.0 Å². The molecule has 0 saturated carbocycles. The summed E-state index contributed by atoms with van der Waals surface area (Å²) in [7, 11) is 1.86. The first-order chi connectivity index (χ1) is 9.62. The topological polar surface area (TPSA) is 43.4 Å². The van der Waals surface area contributed by atoms with Gasteiger partial charge in [-0.2, -0.15) is 0 Å². The minimum atomic E-state index is -3.56. The quantitative estimate of drug-likeness (QED) is 0.667. The van der Waals surface area contributed by atoms with Crippen molar-refractivity contribution >= 4 is 31.3 Å². The van der Waals surface area contributed by atoms with E-state index in [-0.39, 0.29) is 5.75 Å². The number of ether oxygens (including phenoxy) is 1. The fraction of sp³-hybridized carbons (Fsp3) is 0.600. The van der Waals surface area contributed by atoms with Gasteiger partial charge in [0.15, 0.2) is 0 Å². The lowest BCUT2D eigenvalue weighted by Crippen LogP contribution is -2.33. The van der Waals surface area contributed by atoms with E-state index < -0.39 is 14.5 Å². The van der Waals surface area contributed by atoms with Gasteiger partial charge in [0.05, 0.1) is 12.4 Å². The Morgan fingerprint density at radius 3 is 2.00 bits per heavy atom. The van der Waals surface area contributed by atoms with E-state index in [1.165, 1.54) is 0 Å². The molecule has 0 heterocycles. The van der Waals surface area contributed by atoms with Crippen LogP contribution in [-0.4, -0.2) is 20.8 Å². The highest BCUT2D eigenvalue weighted by Crippen LogP contribution is 2.32. The lowest BCUT2D eigenvalue weighted by atomic mass is 9.85. The monoisotopic (exact) mass is 352 g/mol. The normalized spacial score (nSPS) is 12.5. The maximum absolute atomic E-state index is 11.4. The van der Waals surface area contributed by atoms with Gasteiger partial charge in [-0.05, 0) is 49.9 Å². The Balaban J connectivity index is 2.92. The summed E-state index contributed by atoms with van der Waals surface area (Å²) in [6.45, 7) is 8.05. The van der Waals surface area contributed by atoms with Crippen molar-refractivity contribution in [3.8, 4) is 5.75 Å². The number of rotatable bonds is 7. The lowest BCUT2D eigenvalue weighted by Gasteiger charge is -2.30. The number of hydrogen-bond acceptors (Lipinski definition) is 3. The summed E-state index contributed by atoms with van der Waals surface area (Å²) in [4.78, 5) is 0. The molecular weight excluding hydrogens is 331 g/mol. The van der Waals surface area contributed by atoms with Gasteiger partial charge in [0.2, 0.25) is 9.05 Å². The average molecular weight is 353 g/mol. The molecule has 0 radical (unpaired) electrons. The van der Waals surface area contributed by atoms with Crippen molar-refractivity contribution in [2.45, 2.75) is 40.5 Å². The van der Waals surface area contributed by atoms with E-state index in [9.17, 15) is 8.42 Å². The van der Waals surface area contributed by atoms with E-state index in [2.05, 4.69) is 0 Å². The minimum Gasteiger partial charge on any atom is -0.493 e. The van der Waals surface area contributed by atoms with Gasteiger partial charge in [0.1, 0.15) is 5.75 Å². The first-order valence-electron chi connectivity index (χ1n) is 6.94. The maximum Gasteiger partial charge on any atom is 0.233 e. The van der Waals surface area contributed by atoms with Crippen LogP contribution in [0.5, 0.6) is 5.75 Å². The van der Waals surface area contributed by atoms with Crippen LogP contribution in [0.3, 0.4) is 0 Å². The van der Waals surface area contributed by atoms with Crippen LogP contribution in [-0.2, 0) is 9.05 Å². The Morgan fingerprint density at radius 1 is 1.14 bits per heavy atom. The molecule has 0 aromatic heterocycles. The van der Waals surface area contributed by atoms with Crippen LogP contribution in [0.25, 0.3) is 0 Å². The Hall–Kier alpha value is -0.450. The summed E-state index contributed by atoms with van der Waals surface area (Å²) in [6, 6.07) is 3.72. The molecule has 0 atom stereocenters. The first-order valence-corrected chi connectivity index (χ1v) is 9.80. The first kappa shape index (κ1) is 18.6. The summed E-state index contributed by atoms with van der Waals surface area (Å²) in [5, 5.41) is 0.725. The molecule has 0 amide bonds. The molecule has 1 rings (SSSR count). The van der Waals surface area contributed by atoms with E-state index in [1.807, 2.05) is 39.8 Å². The summed E-state index contributed by atoms with van der Waals surface area (Å²) < 4.78 is 28.7. The molecule has 0 spiro atoms. The summed E-state index contributed by atoms with van der Waals surface area (Å²) in [5.41, 5.74) is 1.41. The van der Waals surface area contributed by atoms with Crippen molar-refractivity contribution in [1.29, 1.82) is 0 Å². The molecule has 3 nitrogen and oxygen atoms in total. The summed E-state index contributed by atoms with van der Waals surface area (Å²) in [5.74, 6) is 0.618. The second-order valence-electron chi connectivity index (χ2n) is 5.55. The second-order valence-corrected chi connectivity index (χ2v) is 8.70. The maximum atomic E-state index is 11.4. The zero-order chi connectivity index (χ0) is 16.3. The van der Waals surface area contributed by atoms with E-state index in [0.717, 1.165) is 16.1 Å².